The van der Waals surface area contributed by atoms with Crippen LogP contribution in [-0.2, 0) is 11.3 Å². The molecule has 0 spiro atoms. The number of hydrogen-bond donors (Lipinski definition) is 0. The Morgan fingerprint density at radius 2 is 1.82 bits per heavy atom. The largest absolute Gasteiger partial charge is 0.491 e. The summed E-state index contributed by atoms with van der Waals surface area (Å²) >= 11 is 0. The van der Waals surface area contributed by atoms with Crippen LogP contribution in [0, 0.1) is 11.3 Å². The highest BCUT2D eigenvalue weighted by Crippen LogP contribution is 2.17. The third-order valence-corrected chi connectivity index (χ3v) is 5.12. The number of nitriles is 1. The Labute approximate surface area is 168 Å². The Hall–Kier alpha value is -2.39. The zero-order valence-corrected chi connectivity index (χ0v) is 16.6. The van der Waals surface area contributed by atoms with E-state index in [1.54, 1.807) is 6.07 Å². The van der Waals surface area contributed by atoms with Crippen molar-refractivity contribution in [3.8, 4) is 11.8 Å². The number of nitrogens with zero attached hydrogens (tertiary/aromatic N) is 3. The van der Waals surface area contributed by atoms with Gasteiger partial charge in [0, 0.05) is 38.8 Å². The van der Waals surface area contributed by atoms with Crippen molar-refractivity contribution >= 4 is 0 Å². The molecule has 1 aliphatic heterocycles. The van der Waals surface area contributed by atoms with Gasteiger partial charge in [0.25, 0.3) is 0 Å². The monoisotopic (exact) mass is 379 g/mol. The predicted molar refractivity (Wildman–Crippen MR) is 110 cm³/mol. The summed E-state index contributed by atoms with van der Waals surface area (Å²) in [6, 6.07) is 20.5. The molecule has 3 rings (SSSR count). The van der Waals surface area contributed by atoms with Crippen molar-refractivity contribution in [1.29, 1.82) is 5.26 Å². The van der Waals surface area contributed by atoms with Gasteiger partial charge in [-0.15, -0.1) is 0 Å². The van der Waals surface area contributed by atoms with Gasteiger partial charge in [-0.25, -0.2) is 0 Å². The van der Waals surface area contributed by atoms with Crippen molar-refractivity contribution in [2.75, 3.05) is 46.0 Å². The minimum atomic E-state index is 0.396. The molecule has 0 amide bonds. The lowest BCUT2D eigenvalue weighted by atomic mass is 10.1. The number of hydrogen-bond acceptors (Lipinski definition) is 5. The van der Waals surface area contributed by atoms with Crippen LogP contribution in [0.1, 0.15) is 18.1 Å². The summed E-state index contributed by atoms with van der Waals surface area (Å²) in [5.74, 6) is 0.658. The first-order valence-corrected chi connectivity index (χ1v) is 9.96. The molecule has 1 saturated heterocycles. The molecule has 1 unspecified atom stereocenters. The van der Waals surface area contributed by atoms with E-state index < -0.39 is 0 Å². The lowest BCUT2D eigenvalue weighted by molar-refractivity contribution is 0.0221. The minimum Gasteiger partial charge on any atom is -0.491 e. The van der Waals surface area contributed by atoms with Crippen molar-refractivity contribution in [2.45, 2.75) is 19.5 Å². The van der Waals surface area contributed by atoms with Gasteiger partial charge in [-0.3, -0.25) is 9.80 Å². The number of benzene rings is 2. The zero-order valence-electron chi connectivity index (χ0n) is 16.6. The molecule has 0 saturated carbocycles. The standard InChI is InChI=1S/C23H29N3O2/c1-20(18-25-11-14-27-15-12-25)26(19-21-7-3-2-4-8-21)13-16-28-23-10-6-5-9-22(23)17-24/h2-10,20H,11-16,18-19H2,1H3. The van der Waals surface area contributed by atoms with Crippen molar-refractivity contribution in [1.82, 2.24) is 9.80 Å². The SMILES string of the molecule is CC(CN1CCOCC1)N(CCOc1ccccc1C#N)Cc1ccccc1. The molecule has 5 nitrogen and oxygen atoms in total. The Morgan fingerprint density at radius 1 is 1.11 bits per heavy atom. The van der Waals surface area contributed by atoms with Gasteiger partial charge in [0.2, 0.25) is 0 Å². The summed E-state index contributed by atoms with van der Waals surface area (Å²) in [6.45, 7) is 9.17. The maximum Gasteiger partial charge on any atom is 0.137 e. The first-order valence-electron chi connectivity index (χ1n) is 9.96. The first kappa shape index (κ1) is 20.3. The van der Waals surface area contributed by atoms with Gasteiger partial charge in [0.1, 0.15) is 18.4 Å². The molecule has 1 aliphatic rings. The topological polar surface area (TPSA) is 48.7 Å². The molecule has 0 radical (unpaired) electrons. The molecular weight excluding hydrogens is 350 g/mol. The van der Waals surface area contributed by atoms with Crippen LogP contribution in [0.25, 0.3) is 0 Å². The van der Waals surface area contributed by atoms with Crippen LogP contribution in [-0.4, -0.2) is 61.8 Å². The Balaban J connectivity index is 1.60. The molecule has 28 heavy (non-hydrogen) atoms. The number of morpholine rings is 1. The normalized spacial score (nSPS) is 15.9. The highest BCUT2D eigenvalue weighted by Gasteiger charge is 2.19. The van der Waals surface area contributed by atoms with Crippen LogP contribution < -0.4 is 4.74 Å². The highest BCUT2D eigenvalue weighted by atomic mass is 16.5. The fourth-order valence-electron chi connectivity index (χ4n) is 3.50. The summed E-state index contributed by atoms with van der Waals surface area (Å²) in [4.78, 5) is 4.93. The van der Waals surface area contributed by atoms with Gasteiger partial charge in [-0.1, -0.05) is 42.5 Å². The van der Waals surface area contributed by atoms with E-state index in [2.05, 4.69) is 47.1 Å². The fraction of sp³-hybridized carbons (Fsp3) is 0.435. The fourth-order valence-corrected chi connectivity index (χ4v) is 3.50. The number of rotatable bonds is 9. The lowest BCUT2D eigenvalue weighted by Crippen LogP contribution is -2.47. The smallest absolute Gasteiger partial charge is 0.137 e. The quantitative estimate of drug-likeness (QED) is 0.670. The zero-order chi connectivity index (χ0) is 19.6. The van der Waals surface area contributed by atoms with Crippen LogP contribution in [0.3, 0.4) is 0 Å². The molecule has 1 fully saturated rings. The molecule has 2 aromatic carbocycles. The van der Waals surface area contributed by atoms with Crippen LogP contribution in [0.5, 0.6) is 5.75 Å². The third-order valence-electron chi connectivity index (χ3n) is 5.12. The Bertz CT molecular complexity index is 754. The summed E-state index contributed by atoms with van der Waals surface area (Å²) in [6.07, 6.45) is 0. The second kappa shape index (κ2) is 10.8. The predicted octanol–water partition coefficient (Wildman–Crippen LogP) is 3.16. The minimum absolute atomic E-state index is 0.396. The third kappa shape index (κ3) is 6.07. The average Bonchev–Trinajstić information content (AvgIpc) is 2.75. The molecule has 0 N–H and O–H groups in total. The van der Waals surface area contributed by atoms with E-state index >= 15 is 0 Å². The van der Waals surface area contributed by atoms with Gasteiger partial charge < -0.3 is 9.47 Å². The van der Waals surface area contributed by atoms with Crippen molar-refractivity contribution in [3.63, 3.8) is 0 Å². The number of ether oxygens (including phenoxy) is 2. The first-order chi connectivity index (χ1) is 13.8. The van der Waals surface area contributed by atoms with Crippen molar-refractivity contribution < 1.29 is 9.47 Å². The second-order valence-electron chi connectivity index (χ2n) is 7.17. The van der Waals surface area contributed by atoms with Crippen LogP contribution >= 0.6 is 0 Å². The van der Waals surface area contributed by atoms with E-state index in [1.807, 2.05) is 24.3 Å². The Kier molecular flexibility index (Phi) is 7.86. The maximum atomic E-state index is 9.24. The molecule has 148 valence electrons. The molecule has 0 aromatic heterocycles. The van der Waals surface area contributed by atoms with Crippen molar-refractivity contribution in [3.05, 3.63) is 65.7 Å². The van der Waals surface area contributed by atoms with E-state index in [9.17, 15) is 5.26 Å². The van der Waals surface area contributed by atoms with Crippen molar-refractivity contribution in [2.24, 2.45) is 0 Å². The van der Waals surface area contributed by atoms with E-state index in [1.165, 1.54) is 5.56 Å². The molecule has 1 heterocycles. The van der Waals surface area contributed by atoms with Gasteiger partial charge in [-0.05, 0) is 24.6 Å². The molecule has 5 heteroatoms. The molecule has 0 aliphatic carbocycles. The molecular formula is C23H29N3O2. The van der Waals surface area contributed by atoms with E-state index in [0.717, 1.165) is 45.9 Å². The van der Waals surface area contributed by atoms with Crippen LogP contribution in [0.4, 0.5) is 0 Å². The summed E-state index contributed by atoms with van der Waals surface area (Å²) in [5.41, 5.74) is 1.88. The van der Waals surface area contributed by atoms with Gasteiger partial charge in [-0.2, -0.15) is 5.26 Å². The summed E-state index contributed by atoms with van der Waals surface area (Å²) in [7, 11) is 0. The van der Waals surface area contributed by atoms with Gasteiger partial charge in [0.05, 0.1) is 18.8 Å². The molecule has 2 aromatic rings. The van der Waals surface area contributed by atoms with Gasteiger partial charge in [0.15, 0.2) is 0 Å². The summed E-state index contributed by atoms with van der Waals surface area (Å²) < 4.78 is 11.4. The Morgan fingerprint density at radius 3 is 2.57 bits per heavy atom. The number of para-hydroxylation sites is 1. The van der Waals surface area contributed by atoms with E-state index in [0.29, 0.717) is 24.0 Å². The second-order valence-corrected chi connectivity index (χ2v) is 7.17. The summed E-state index contributed by atoms with van der Waals surface area (Å²) in [5, 5.41) is 9.24. The molecule has 1 atom stereocenters. The van der Waals surface area contributed by atoms with Crippen LogP contribution in [0.15, 0.2) is 54.6 Å². The van der Waals surface area contributed by atoms with E-state index in [-0.39, 0.29) is 0 Å². The van der Waals surface area contributed by atoms with Gasteiger partial charge >= 0.3 is 0 Å². The highest BCUT2D eigenvalue weighted by molar-refractivity contribution is 5.42. The molecule has 0 bridgehead atoms. The maximum absolute atomic E-state index is 9.24. The average molecular weight is 380 g/mol. The lowest BCUT2D eigenvalue weighted by Gasteiger charge is -2.35. The van der Waals surface area contributed by atoms with Crippen LogP contribution in [0.2, 0.25) is 0 Å². The van der Waals surface area contributed by atoms with E-state index in [4.69, 9.17) is 9.47 Å².